The van der Waals surface area contributed by atoms with E-state index in [4.69, 9.17) is 0 Å². The quantitative estimate of drug-likeness (QED) is 0.302. The number of hydrogen-bond acceptors (Lipinski definition) is 6. The van der Waals surface area contributed by atoms with E-state index in [9.17, 15) is 19.5 Å². The second-order valence-corrected chi connectivity index (χ2v) is 7.17. The maximum atomic E-state index is 12.1. The number of aromatic nitrogens is 2. The van der Waals surface area contributed by atoms with E-state index in [1.807, 2.05) is 6.26 Å². The molecule has 1 rings (SSSR count). The number of amides is 1. The Kier molecular flexibility index (Phi) is 8.21. The third-order valence-corrected chi connectivity index (χ3v) is 5.22. The third kappa shape index (κ3) is 6.28. The minimum Gasteiger partial charge on any atom is -0.394 e. The van der Waals surface area contributed by atoms with Gasteiger partial charge in [-0.3, -0.25) is 14.6 Å². The Morgan fingerprint density at radius 1 is 1.39 bits per heavy atom. The summed E-state index contributed by atoms with van der Waals surface area (Å²) < 4.78 is 0. The highest BCUT2D eigenvalue weighted by Gasteiger charge is 2.14. The van der Waals surface area contributed by atoms with Gasteiger partial charge in [0.05, 0.1) is 18.2 Å². The molecule has 0 unspecified atom stereocenters. The first kappa shape index (κ1) is 19.6. The minimum atomic E-state index is -0.585. The Morgan fingerprint density at radius 2 is 2.09 bits per heavy atom. The topological polar surface area (TPSA) is 115 Å². The van der Waals surface area contributed by atoms with Crippen LogP contribution >= 0.6 is 23.5 Å². The number of carbonyl (C=O) groups is 1. The van der Waals surface area contributed by atoms with Gasteiger partial charge in [0.1, 0.15) is 0 Å². The van der Waals surface area contributed by atoms with Crippen LogP contribution in [0.25, 0.3) is 6.08 Å². The molecule has 0 bridgehead atoms. The summed E-state index contributed by atoms with van der Waals surface area (Å²) in [7, 11) is 0. The van der Waals surface area contributed by atoms with Crippen LogP contribution in [0.3, 0.4) is 0 Å². The van der Waals surface area contributed by atoms with Crippen molar-refractivity contribution in [3.63, 3.8) is 0 Å². The summed E-state index contributed by atoms with van der Waals surface area (Å²) in [4.78, 5) is 39.7. The van der Waals surface area contributed by atoms with Crippen LogP contribution < -0.4 is 16.6 Å². The van der Waals surface area contributed by atoms with Crippen LogP contribution in [0.5, 0.6) is 0 Å². The second kappa shape index (κ2) is 9.64. The fraction of sp³-hybridized carbons (Fsp3) is 0.500. The van der Waals surface area contributed by atoms with Crippen molar-refractivity contribution in [1.82, 2.24) is 15.3 Å². The highest BCUT2D eigenvalue weighted by atomic mass is 32.2. The van der Waals surface area contributed by atoms with Crippen molar-refractivity contribution in [3.05, 3.63) is 37.7 Å². The number of aryl methyl sites for hydroxylation is 1. The van der Waals surface area contributed by atoms with Crippen LogP contribution in [0, 0.1) is 6.92 Å². The molecule has 0 aromatic carbocycles. The number of hydrogen-bond donors (Lipinski definition) is 4. The van der Waals surface area contributed by atoms with Gasteiger partial charge in [0.25, 0.3) is 5.56 Å². The molecule has 9 heteroatoms. The summed E-state index contributed by atoms with van der Waals surface area (Å²) >= 11 is 3.30. The minimum absolute atomic E-state index is 0.154. The Hall–Kier alpha value is -1.45. The van der Waals surface area contributed by atoms with Crippen LogP contribution in [-0.4, -0.2) is 50.7 Å². The van der Waals surface area contributed by atoms with E-state index in [-0.39, 0.29) is 24.1 Å². The van der Waals surface area contributed by atoms with E-state index in [0.717, 1.165) is 5.08 Å². The lowest BCUT2D eigenvalue weighted by Crippen LogP contribution is -2.39. The number of aliphatic hydroxyl groups excluding tert-OH is 1. The Bertz CT molecular complexity index is 681. The van der Waals surface area contributed by atoms with Crippen LogP contribution in [0.15, 0.2) is 15.2 Å². The van der Waals surface area contributed by atoms with E-state index in [1.54, 1.807) is 37.4 Å². The van der Waals surface area contributed by atoms with Crippen molar-refractivity contribution in [3.8, 4) is 0 Å². The zero-order valence-electron chi connectivity index (χ0n) is 13.3. The number of aliphatic hydroxyl groups is 1. The lowest BCUT2D eigenvalue weighted by Gasteiger charge is -2.16. The fourth-order valence-corrected chi connectivity index (χ4v) is 3.30. The van der Waals surface area contributed by atoms with Crippen LogP contribution in [0.1, 0.15) is 18.2 Å². The number of rotatable bonds is 8. The molecule has 1 aromatic heterocycles. The zero-order valence-corrected chi connectivity index (χ0v) is 14.9. The smallest absolute Gasteiger partial charge is 0.325 e. The molecule has 1 amide bonds. The molecule has 0 saturated heterocycles. The highest BCUT2D eigenvalue weighted by molar-refractivity contribution is 8.15. The number of nitrogens with one attached hydrogen (secondary N) is 3. The lowest BCUT2D eigenvalue weighted by molar-refractivity contribution is -0.118. The molecule has 0 spiro atoms. The average molecular weight is 359 g/mol. The molecule has 0 aliphatic heterocycles. The van der Waals surface area contributed by atoms with Crippen molar-refractivity contribution in [2.75, 3.05) is 23.7 Å². The highest BCUT2D eigenvalue weighted by Crippen LogP contribution is 2.10. The monoisotopic (exact) mass is 359 g/mol. The molecule has 0 fully saturated rings. The maximum Gasteiger partial charge on any atom is 0.325 e. The Labute approximate surface area is 142 Å². The summed E-state index contributed by atoms with van der Waals surface area (Å²) in [6.07, 6.45) is 3.40. The molecule has 0 aliphatic carbocycles. The first-order valence-corrected chi connectivity index (χ1v) is 9.43. The van der Waals surface area contributed by atoms with Crippen LogP contribution in [0.4, 0.5) is 0 Å². The average Bonchev–Trinajstić information content (AvgIpc) is 2.49. The summed E-state index contributed by atoms with van der Waals surface area (Å²) in [5.41, 5.74) is -0.195. The van der Waals surface area contributed by atoms with Gasteiger partial charge >= 0.3 is 5.69 Å². The van der Waals surface area contributed by atoms with Crippen molar-refractivity contribution >= 4 is 35.5 Å². The fourth-order valence-electron chi connectivity index (χ4n) is 1.78. The van der Waals surface area contributed by atoms with E-state index >= 15 is 0 Å². The van der Waals surface area contributed by atoms with Gasteiger partial charge in [-0.15, -0.1) is 11.8 Å². The number of aromatic amines is 2. The molecule has 4 N–H and O–H groups in total. The first-order valence-electron chi connectivity index (χ1n) is 6.89. The molecular formula is C14H21N3O4S2. The van der Waals surface area contributed by atoms with Crippen molar-refractivity contribution in [2.45, 2.75) is 19.9 Å². The standard InChI is InChI=1S/C14H21N3O4S2/c1-8(4-11-9(2)15-14(21)17-13(11)20)12(19)16-10(5-18)6-23-7-22-3/h4,10,18H,5-7H2,1-3H3,(H,16,19)(H2,15,17,20,21)/b8-4+/t10-/m1/s1. The maximum absolute atomic E-state index is 12.1. The molecule has 0 radical (unpaired) electrons. The van der Waals surface area contributed by atoms with Gasteiger partial charge < -0.3 is 15.4 Å². The largest absolute Gasteiger partial charge is 0.394 e. The molecule has 1 heterocycles. The zero-order chi connectivity index (χ0) is 17.4. The summed E-state index contributed by atoms with van der Waals surface area (Å²) in [6.45, 7) is 3.00. The van der Waals surface area contributed by atoms with Gasteiger partial charge in [-0.05, 0) is 26.2 Å². The molecule has 0 saturated carbocycles. The van der Waals surface area contributed by atoms with Crippen LogP contribution in [0.2, 0.25) is 0 Å². The predicted molar refractivity (Wildman–Crippen MR) is 95.9 cm³/mol. The number of carbonyl (C=O) groups excluding carboxylic acids is 1. The summed E-state index contributed by atoms with van der Waals surface area (Å²) in [5, 5.41) is 12.9. The van der Waals surface area contributed by atoms with Gasteiger partial charge in [0, 0.05) is 22.1 Å². The van der Waals surface area contributed by atoms with E-state index < -0.39 is 11.2 Å². The SMILES string of the molecule is CSCSC[C@@H](CO)NC(=O)/C(C)=C/c1c(C)[nH]c(=O)[nH]c1=O. The lowest BCUT2D eigenvalue weighted by atomic mass is 10.1. The molecular weight excluding hydrogens is 338 g/mol. The molecule has 7 nitrogen and oxygen atoms in total. The van der Waals surface area contributed by atoms with Crippen molar-refractivity contribution in [2.24, 2.45) is 0 Å². The summed E-state index contributed by atoms with van der Waals surface area (Å²) in [5.74, 6) is 0.244. The predicted octanol–water partition coefficient (Wildman–Crippen LogP) is 0.306. The van der Waals surface area contributed by atoms with Crippen LogP contribution in [-0.2, 0) is 4.79 Å². The number of thioether (sulfide) groups is 2. The van der Waals surface area contributed by atoms with Gasteiger partial charge in [-0.2, -0.15) is 11.8 Å². The molecule has 1 aromatic rings. The number of H-pyrrole nitrogens is 2. The van der Waals surface area contributed by atoms with Crippen molar-refractivity contribution in [1.29, 1.82) is 0 Å². The van der Waals surface area contributed by atoms with Gasteiger partial charge in [-0.1, -0.05) is 0 Å². The molecule has 128 valence electrons. The first-order chi connectivity index (χ1) is 10.9. The molecule has 1 atom stereocenters. The van der Waals surface area contributed by atoms with E-state index in [2.05, 4.69) is 15.3 Å². The van der Waals surface area contributed by atoms with E-state index in [1.165, 1.54) is 6.08 Å². The third-order valence-electron chi connectivity index (χ3n) is 2.97. The van der Waals surface area contributed by atoms with E-state index in [0.29, 0.717) is 17.0 Å². The normalized spacial score (nSPS) is 13.0. The van der Waals surface area contributed by atoms with Gasteiger partial charge in [-0.25, -0.2) is 4.79 Å². The van der Waals surface area contributed by atoms with Gasteiger partial charge in [0.2, 0.25) is 5.91 Å². The van der Waals surface area contributed by atoms with Gasteiger partial charge in [0.15, 0.2) is 0 Å². The molecule has 0 aliphatic rings. The second-order valence-electron chi connectivity index (χ2n) is 4.90. The van der Waals surface area contributed by atoms with Crippen molar-refractivity contribution < 1.29 is 9.90 Å². The Morgan fingerprint density at radius 3 is 2.65 bits per heavy atom. The summed E-state index contributed by atoms with van der Waals surface area (Å²) in [6, 6.07) is -0.349. The molecule has 23 heavy (non-hydrogen) atoms. The Balaban J connectivity index is 2.83.